The van der Waals surface area contributed by atoms with Gasteiger partial charge in [-0.05, 0) is 39.3 Å². The Kier molecular flexibility index (Phi) is 8.63. The molecule has 1 aromatic rings. The van der Waals surface area contributed by atoms with E-state index in [1.807, 2.05) is 43.9 Å². The van der Waals surface area contributed by atoms with E-state index in [0.717, 1.165) is 44.9 Å². The molecular formula is C21H33N3O3S. The highest BCUT2D eigenvalue weighted by Crippen LogP contribution is 2.19. The van der Waals surface area contributed by atoms with Crippen LogP contribution < -0.4 is 5.32 Å². The number of nitrogens with zero attached hydrogens (tertiary/aromatic N) is 2. The summed E-state index contributed by atoms with van der Waals surface area (Å²) in [6, 6.07) is 10.2. The standard InChI is InChI=1S/C21H33N3O3S/c1-17(25)24-14-12-23(13-15-24)11-10-18(22-20(26)27-21(2,3)4)16-28-19-8-6-5-7-9-19/h5-9,18H,10-16H2,1-4H3,(H,22,26)/t18-/m1/s1. The molecular weight excluding hydrogens is 374 g/mol. The van der Waals surface area contributed by atoms with Crippen LogP contribution in [0, 0.1) is 0 Å². The molecule has 0 bridgehead atoms. The second-order valence-corrected chi connectivity index (χ2v) is 9.20. The second-order valence-electron chi connectivity index (χ2n) is 8.10. The fraction of sp³-hybridized carbons (Fsp3) is 0.619. The molecule has 156 valence electrons. The monoisotopic (exact) mass is 407 g/mol. The molecule has 28 heavy (non-hydrogen) atoms. The summed E-state index contributed by atoms with van der Waals surface area (Å²) in [5.74, 6) is 0.930. The van der Waals surface area contributed by atoms with Crippen LogP contribution >= 0.6 is 11.8 Å². The zero-order valence-corrected chi connectivity index (χ0v) is 18.3. The molecule has 1 fully saturated rings. The number of carbonyl (C=O) groups excluding carboxylic acids is 2. The normalized spacial score (nSPS) is 16.5. The Labute approximate surface area is 173 Å². The van der Waals surface area contributed by atoms with E-state index in [4.69, 9.17) is 4.74 Å². The Balaban J connectivity index is 1.86. The van der Waals surface area contributed by atoms with E-state index in [-0.39, 0.29) is 18.0 Å². The molecule has 6 nitrogen and oxygen atoms in total. The lowest BCUT2D eigenvalue weighted by Crippen LogP contribution is -2.49. The number of alkyl carbamates (subject to hydrolysis) is 1. The van der Waals surface area contributed by atoms with Crippen molar-refractivity contribution in [3.63, 3.8) is 0 Å². The fourth-order valence-corrected chi connectivity index (χ4v) is 4.00. The molecule has 1 saturated heterocycles. The first kappa shape index (κ1) is 22.6. The summed E-state index contributed by atoms with van der Waals surface area (Å²) in [5, 5.41) is 3.04. The molecule has 1 N–H and O–H groups in total. The Morgan fingerprint density at radius 2 is 1.79 bits per heavy atom. The minimum atomic E-state index is -0.510. The molecule has 0 saturated carbocycles. The Hall–Kier alpha value is -1.73. The first-order chi connectivity index (χ1) is 13.2. The van der Waals surface area contributed by atoms with E-state index in [1.54, 1.807) is 18.7 Å². The maximum Gasteiger partial charge on any atom is 0.407 e. The van der Waals surface area contributed by atoms with Gasteiger partial charge in [0.2, 0.25) is 5.91 Å². The van der Waals surface area contributed by atoms with E-state index < -0.39 is 5.60 Å². The highest BCUT2D eigenvalue weighted by Gasteiger charge is 2.22. The lowest BCUT2D eigenvalue weighted by Gasteiger charge is -2.35. The zero-order chi connectivity index (χ0) is 20.6. The summed E-state index contributed by atoms with van der Waals surface area (Å²) in [5.41, 5.74) is -0.510. The number of amides is 2. The van der Waals surface area contributed by atoms with Crippen LogP contribution in [0.1, 0.15) is 34.1 Å². The molecule has 7 heteroatoms. The van der Waals surface area contributed by atoms with E-state index in [2.05, 4.69) is 22.3 Å². The lowest BCUT2D eigenvalue weighted by molar-refractivity contribution is -0.130. The predicted octanol–water partition coefficient (Wildman–Crippen LogP) is 3.23. The summed E-state index contributed by atoms with van der Waals surface area (Å²) in [6.07, 6.45) is 0.478. The van der Waals surface area contributed by atoms with Gasteiger partial charge in [0.05, 0.1) is 0 Å². The van der Waals surface area contributed by atoms with Gasteiger partial charge < -0.3 is 15.0 Å². The van der Waals surface area contributed by atoms with Crippen LogP contribution in [-0.4, -0.2) is 71.9 Å². The van der Waals surface area contributed by atoms with Crippen molar-refractivity contribution < 1.29 is 14.3 Å². The smallest absolute Gasteiger partial charge is 0.407 e. The van der Waals surface area contributed by atoms with Gasteiger partial charge in [-0.25, -0.2) is 4.79 Å². The van der Waals surface area contributed by atoms with Gasteiger partial charge in [0.25, 0.3) is 0 Å². The largest absolute Gasteiger partial charge is 0.444 e. The lowest BCUT2D eigenvalue weighted by atomic mass is 10.2. The number of thioether (sulfide) groups is 1. The molecule has 0 spiro atoms. The van der Waals surface area contributed by atoms with Crippen molar-refractivity contribution in [2.45, 2.75) is 50.7 Å². The summed E-state index contributed by atoms with van der Waals surface area (Å²) in [6.45, 7) is 11.4. The van der Waals surface area contributed by atoms with Gasteiger partial charge in [-0.2, -0.15) is 0 Å². The summed E-state index contributed by atoms with van der Waals surface area (Å²) in [7, 11) is 0. The summed E-state index contributed by atoms with van der Waals surface area (Å²) < 4.78 is 5.44. The van der Waals surface area contributed by atoms with Gasteiger partial charge in [-0.15, -0.1) is 11.8 Å². The van der Waals surface area contributed by atoms with Gasteiger partial charge >= 0.3 is 6.09 Å². The molecule has 2 amide bonds. The van der Waals surface area contributed by atoms with Crippen LogP contribution in [0.3, 0.4) is 0 Å². The Morgan fingerprint density at radius 3 is 2.36 bits per heavy atom. The number of hydrogen-bond donors (Lipinski definition) is 1. The third kappa shape index (κ3) is 8.52. The van der Waals surface area contributed by atoms with Gasteiger partial charge in [-0.1, -0.05) is 18.2 Å². The first-order valence-electron chi connectivity index (χ1n) is 9.88. The SMILES string of the molecule is CC(=O)N1CCN(CC[C@H](CSc2ccccc2)NC(=O)OC(C)(C)C)CC1. The maximum absolute atomic E-state index is 12.2. The van der Waals surface area contributed by atoms with Gasteiger partial charge in [0.1, 0.15) is 5.60 Å². The molecule has 2 rings (SSSR count). The van der Waals surface area contributed by atoms with Crippen LogP contribution in [0.2, 0.25) is 0 Å². The minimum Gasteiger partial charge on any atom is -0.444 e. The topological polar surface area (TPSA) is 61.9 Å². The van der Waals surface area contributed by atoms with Crippen LogP contribution in [0.15, 0.2) is 35.2 Å². The quantitative estimate of drug-likeness (QED) is 0.703. The van der Waals surface area contributed by atoms with Crippen molar-refractivity contribution >= 4 is 23.8 Å². The van der Waals surface area contributed by atoms with Crippen LogP contribution in [0.25, 0.3) is 0 Å². The maximum atomic E-state index is 12.2. The summed E-state index contributed by atoms with van der Waals surface area (Å²) in [4.78, 5) is 29.2. The number of rotatable bonds is 7. The van der Waals surface area contributed by atoms with Crippen molar-refractivity contribution in [1.29, 1.82) is 0 Å². The number of nitrogens with one attached hydrogen (secondary N) is 1. The number of benzene rings is 1. The predicted molar refractivity (Wildman–Crippen MR) is 114 cm³/mol. The minimum absolute atomic E-state index is 0.0193. The third-order valence-corrected chi connectivity index (χ3v) is 5.70. The average molecular weight is 408 g/mol. The summed E-state index contributed by atoms with van der Waals surface area (Å²) >= 11 is 1.74. The van der Waals surface area contributed by atoms with E-state index in [0.29, 0.717) is 0 Å². The highest BCUT2D eigenvalue weighted by molar-refractivity contribution is 7.99. The van der Waals surface area contributed by atoms with Crippen LogP contribution in [0.4, 0.5) is 4.79 Å². The molecule has 1 aromatic carbocycles. The van der Waals surface area contributed by atoms with Crippen molar-refractivity contribution in [1.82, 2.24) is 15.1 Å². The molecule has 1 aliphatic heterocycles. The molecule has 1 aliphatic rings. The second kappa shape index (κ2) is 10.7. The van der Waals surface area contributed by atoms with Crippen LogP contribution in [0.5, 0.6) is 0 Å². The van der Waals surface area contributed by atoms with Crippen molar-refractivity contribution in [3.05, 3.63) is 30.3 Å². The van der Waals surface area contributed by atoms with Gasteiger partial charge in [0.15, 0.2) is 0 Å². The molecule has 1 atom stereocenters. The first-order valence-corrected chi connectivity index (χ1v) is 10.9. The van der Waals surface area contributed by atoms with Crippen molar-refractivity contribution in [2.75, 3.05) is 38.5 Å². The highest BCUT2D eigenvalue weighted by atomic mass is 32.2. The van der Waals surface area contributed by atoms with E-state index in [9.17, 15) is 9.59 Å². The molecule has 0 unspecified atom stereocenters. The Bertz CT molecular complexity index is 626. The van der Waals surface area contributed by atoms with Crippen molar-refractivity contribution in [2.24, 2.45) is 0 Å². The van der Waals surface area contributed by atoms with Gasteiger partial charge in [-0.3, -0.25) is 9.69 Å². The third-order valence-electron chi connectivity index (χ3n) is 4.53. The molecule has 0 aliphatic carbocycles. The Morgan fingerprint density at radius 1 is 1.14 bits per heavy atom. The van der Waals surface area contributed by atoms with E-state index in [1.165, 1.54) is 4.90 Å². The zero-order valence-electron chi connectivity index (χ0n) is 17.4. The molecule has 0 radical (unpaired) electrons. The molecule has 1 heterocycles. The number of ether oxygens (including phenoxy) is 1. The average Bonchev–Trinajstić information content (AvgIpc) is 2.63. The van der Waals surface area contributed by atoms with Crippen molar-refractivity contribution in [3.8, 4) is 0 Å². The van der Waals surface area contributed by atoms with Crippen LogP contribution in [-0.2, 0) is 9.53 Å². The number of piperazine rings is 1. The van der Waals surface area contributed by atoms with E-state index >= 15 is 0 Å². The molecule has 0 aromatic heterocycles. The van der Waals surface area contributed by atoms with Gasteiger partial charge in [0, 0.05) is 56.3 Å². The number of carbonyl (C=O) groups is 2. The number of hydrogen-bond acceptors (Lipinski definition) is 5. The fourth-order valence-electron chi connectivity index (χ4n) is 3.01.